The molecule has 180 valence electrons. The highest BCUT2D eigenvalue weighted by molar-refractivity contribution is 14.1. The minimum absolute atomic E-state index is 0.0457. The van der Waals surface area contributed by atoms with Crippen molar-refractivity contribution in [3.8, 4) is 11.5 Å². The van der Waals surface area contributed by atoms with Gasteiger partial charge in [-0.15, -0.1) is 0 Å². The van der Waals surface area contributed by atoms with E-state index in [1.807, 2.05) is 72.8 Å². The molecule has 2 aliphatic carbocycles. The predicted octanol–water partition coefficient (Wildman–Crippen LogP) is 6.39. The molecule has 0 aromatic heterocycles. The summed E-state index contributed by atoms with van der Waals surface area (Å²) in [7, 11) is 1.50. The summed E-state index contributed by atoms with van der Waals surface area (Å²) in [6.07, 6.45) is 5.75. The molecule has 3 atom stereocenters. The van der Waals surface area contributed by atoms with Gasteiger partial charge in [0.1, 0.15) is 0 Å². The van der Waals surface area contributed by atoms with Crippen LogP contribution in [0.5, 0.6) is 11.5 Å². The maximum absolute atomic E-state index is 14.5. The van der Waals surface area contributed by atoms with E-state index >= 15 is 0 Å². The standard InChI is InChI=1S/C31H25IO4/c1-3-19-14-15-24-29(34)23(20-10-6-4-7-11-20)18-27(33)31(24,22-12-8-5-9-13-22)28(19)21-16-25(32)30(35)26(17-21)36-2/h3-14,16-18,24,28,35H,1,15H2,2H3. The number of hydrogen-bond acceptors (Lipinski definition) is 4. The SMILES string of the molecule is C=CC1=CCC2C(=O)C(c3ccccc3)=CC(=O)C2(c2ccccc2)C1c1cc(I)c(O)c(OC)c1. The zero-order valence-electron chi connectivity index (χ0n) is 19.8. The van der Waals surface area contributed by atoms with Gasteiger partial charge in [0.05, 0.1) is 16.1 Å². The van der Waals surface area contributed by atoms with Gasteiger partial charge in [-0.1, -0.05) is 79.4 Å². The van der Waals surface area contributed by atoms with Crippen molar-refractivity contribution in [2.75, 3.05) is 7.11 Å². The third kappa shape index (κ3) is 3.64. The van der Waals surface area contributed by atoms with Crippen LogP contribution >= 0.6 is 22.6 Å². The highest BCUT2D eigenvalue weighted by Gasteiger charge is 2.59. The van der Waals surface area contributed by atoms with E-state index in [2.05, 4.69) is 29.2 Å². The average Bonchev–Trinajstić information content (AvgIpc) is 2.92. The topological polar surface area (TPSA) is 63.6 Å². The van der Waals surface area contributed by atoms with Crippen molar-refractivity contribution in [2.45, 2.75) is 17.8 Å². The second-order valence-corrected chi connectivity index (χ2v) is 10.2. The summed E-state index contributed by atoms with van der Waals surface area (Å²) >= 11 is 2.06. The van der Waals surface area contributed by atoms with Crippen LogP contribution in [0.15, 0.2) is 103 Å². The maximum Gasteiger partial charge on any atom is 0.171 e. The largest absolute Gasteiger partial charge is 0.504 e. The zero-order valence-corrected chi connectivity index (χ0v) is 21.9. The lowest BCUT2D eigenvalue weighted by Gasteiger charge is -2.49. The van der Waals surface area contributed by atoms with E-state index in [0.29, 0.717) is 21.3 Å². The fraction of sp³-hybridized carbons (Fsp3) is 0.161. The molecule has 0 amide bonds. The van der Waals surface area contributed by atoms with Crippen LogP contribution in [0.4, 0.5) is 0 Å². The number of rotatable bonds is 5. The Hall–Kier alpha value is -3.45. The molecule has 2 aliphatic rings. The minimum Gasteiger partial charge on any atom is -0.504 e. The number of methoxy groups -OCH3 is 1. The van der Waals surface area contributed by atoms with Crippen LogP contribution in [0.1, 0.15) is 29.0 Å². The van der Waals surface area contributed by atoms with Crippen LogP contribution < -0.4 is 4.74 Å². The Bertz CT molecular complexity index is 1420. The molecular formula is C31H25IO4. The molecule has 0 heterocycles. The summed E-state index contributed by atoms with van der Waals surface area (Å²) in [6, 6.07) is 22.6. The molecule has 0 saturated heterocycles. The summed E-state index contributed by atoms with van der Waals surface area (Å²) in [5.41, 5.74) is 2.47. The van der Waals surface area contributed by atoms with Crippen molar-refractivity contribution in [1.82, 2.24) is 0 Å². The molecule has 3 aromatic rings. The van der Waals surface area contributed by atoms with Gasteiger partial charge < -0.3 is 9.84 Å². The van der Waals surface area contributed by atoms with Gasteiger partial charge in [-0.3, -0.25) is 9.59 Å². The Morgan fingerprint density at radius 3 is 2.36 bits per heavy atom. The lowest BCUT2D eigenvalue weighted by Crippen LogP contribution is -2.54. The molecule has 0 bridgehead atoms. The van der Waals surface area contributed by atoms with Gasteiger partial charge >= 0.3 is 0 Å². The predicted molar refractivity (Wildman–Crippen MR) is 149 cm³/mol. The lowest BCUT2D eigenvalue weighted by molar-refractivity contribution is -0.131. The number of fused-ring (bicyclic) bond motifs is 1. The minimum atomic E-state index is -1.17. The number of halogens is 1. The van der Waals surface area contributed by atoms with Crippen LogP contribution in [0, 0.1) is 9.49 Å². The lowest BCUT2D eigenvalue weighted by atomic mass is 9.50. The third-order valence-corrected chi connectivity index (χ3v) is 8.19. The summed E-state index contributed by atoms with van der Waals surface area (Å²) in [5.74, 6) is -0.890. The van der Waals surface area contributed by atoms with E-state index in [1.165, 1.54) is 13.2 Å². The van der Waals surface area contributed by atoms with Gasteiger partial charge in [-0.25, -0.2) is 0 Å². The van der Waals surface area contributed by atoms with Gasteiger partial charge in [-0.05, 0) is 69.5 Å². The number of phenols is 1. The second kappa shape index (κ2) is 9.54. The normalized spacial score (nSPS) is 23.4. The van der Waals surface area contributed by atoms with Crippen molar-refractivity contribution < 1.29 is 19.4 Å². The number of ether oxygens (including phenoxy) is 1. The first-order valence-electron chi connectivity index (χ1n) is 11.7. The fourth-order valence-corrected chi connectivity index (χ4v) is 6.42. The molecular weight excluding hydrogens is 563 g/mol. The van der Waals surface area contributed by atoms with Gasteiger partial charge in [-0.2, -0.15) is 0 Å². The number of hydrogen-bond donors (Lipinski definition) is 1. The molecule has 0 saturated carbocycles. The van der Waals surface area contributed by atoms with Gasteiger partial charge in [0.15, 0.2) is 23.1 Å². The Balaban J connectivity index is 1.83. The fourth-order valence-electron chi connectivity index (χ4n) is 5.80. The smallest absolute Gasteiger partial charge is 0.171 e. The molecule has 1 N–H and O–H groups in total. The first-order chi connectivity index (χ1) is 17.4. The Morgan fingerprint density at radius 2 is 1.72 bits per heavy atom. The molecule has 3 aromatic carbocycles. The van der Waals surface area contributed by atoms with Gasteiger partial charge in [0, 0.05) is 17.4 Å². The van der Waals surface area contributed by atoms with Crippen molar-refractivity contribution >= 4 is 39.7 Å². The number of benzene rings is 3. The number of carbonyl (C=O) groups excluding carboxylic acids is 2. The van der Waals surface area contributed by atoms with Crippen molar-refractivity contribution in [1.29, 1.82) is 0 Å². The number of aromatic hydroxyl groups is 1. The van der Waals surface area contributed by atoms with E-state index in [1.54, 1.807) is 12.1 Å². The summed E-state index contributed by atoms with van der Waals surface area (Å²) in [4.78, 5) is 28.6. The van der Waals surface area contributed by atoms with Crippen molar-refractivity contribution in [2.24, 2.45) is 5.92 Å². The summed E-state index contributed by atoms with van der Waals surface area (Å²) in [6.45, 7) is 4.05. The van der Waals surface area contributed by atoms with E-state index in [0.717, 1.165) is 22.3 Å². The van der Waals surface area contributed by atoms with Crippen LogP contribution in [-0.2, 0) is 15.0 Å². The molecule has 0 fully saturated rings. The zero-order chi connectivity index (χ0) is 25.4. The number of phenolic OH excluding ortho intramolecular Hbond substituents is 1. The van der Waals surface area contributed by atoms with E-state index in [9.17, 15) is 14.7 Å². The average molecular weight is 588 g/mol. The quantitative estimate of drug-likeness (QED) is 0.351. The first-order valence-corrected chi connectivity index (χ1v) is 12.8. The third-order valence-electron chi connectivity index (χ3n) is 7.37. The first kappa shape index (κ1) is 24.3. The van der Waals surface area contributed by atoms with Crippen molar-refractivity contribution in [3.63, 3.8) is 0 Å². The van der Waals surface area contributed by atoms with Crippen LogP contribution in [-0.4, -0.2) is 23.8 Å². The Kier molecular flexibility index (Phi) is 6.43. The summed E-state index contributed by atoms with van der Waals surface area (Å²) in [5, 5.41) is 10.5. The monoisotopic (exact) mass is 588 g/mol. The molecule has 0 aliphatic heterocycles. The van der Waals surface area contributed by atoms with Crippen LogP contribution in [0.25, 0.3) is 5.57 Å². The number of Topliss-reactive ketones (excluding diaryl/α,β-unsaturated/α-hetero) is 1. The number of allylic oxidation sites excluding steroid dienone is 5. The van der Waals surface area contributed by atoms with Crippen molar-refractivity contribution in [3.05, 3.63) is 123 Å². The highest BCUT2D eigenvalue weighted by atomic mass is 127. The Labute approximate surface area is 224 Å². The van der Waals surface area contributed by atoms with E-state index in [-0.39, 0.29) is 17.3 Å². The Morgan fingerprint density at radius 1 is 1.06 bits per heavy atom. The molecule has 3 unspecified atom stereocenters. The molecule has 36 heavy (non-hydrogen) atoms. The molecule has 0 radical (unpaired) electrons. The summed E-state index contributed by atoms with van der Waals surface area (Å²) < 4.78 is 6.06. The van der Waals surface area contributed by atoms with Gasteiger partial charge in [0.25, 0.3) is 0 Å². The molecule has 4 nitrogen and oxygen atoms in total. The number of ketones is 2. The van der Waals surface area contributed by atoms with Gasteiger partial charge in [0.2, 0.25) is 0 Å². The molecule has 0 spiro atoms. The van der Waals surface area contributed by atoms with E-state index < -0.39 is 17.3 Å². The maximum atomic E-state index is 14.5. The highest BCUT2D eigenvalue weighted by Crippen LogP contribution is 2.57. The van der Waals surface area contributed by atoms with E-state index in [4.69, 9.17) is 4.74 Å². The molecule has 5 rings (SSSR count). The number of carbonyl (C=O) groups is 2. The van der Waals surface area contributed by atoms with Crippen LogP contribution in [0.3, 0.4) is 0 Å². The van der Waals surface area contributed by atoms with Crippen LogP contribution in [0.2, 0.25) is 0 Å². The second-order valence-electron chi connectivity index (χ2n) is 9.07. The molecule has 5 heteroatoms.